The van der Waals surface area contributed by atoms with Gasteiger partial charge in [-0.25, -0.2) is 4.98 Å². The van der Waals surface area contributed by atoms with Crippen LogP contribution in [0.4, 0.5) is 5.82 Å². The summed E-state index contributed by atoms with van der Waals surface area (Å²) in [6.45, 7) is 1.75. The summed E-state index contributed by atoms with van der Waals surface area (Å²) < 4.78 is 11.2. The van der Waals surface area contributed by atoms with E-state index in [9.17, 15) is 4.79 Å². The van der Waals surface area contributed by atoms with Crippen molar-refractivity contribution in [3.63, 3.8) is 0 Å². The number of fused-ring (bicyclic) bond motifs is 1. The molecule has 0 N–H and O–H groups in total. The molecule has 1 aromatic heterocycles. The number of aromatic nitrogens is 1. The van der Waals surface area contributed by atoms with Gasteiger partial charge in [-0.2, -0.15) is 0 Å². The van der Waals surface area contributed by atoms with E-state index >= 15 is 0 Å². The fourth-order valence-corrected chi connectivity index (χ4v) is 3.36. The highest BCUT2D eigenvalue weighted by Gasteiger charge is 2.28. The van der Waals surface area contributed by atoms with E-state index in [1.165, 1.54) is 0 Å². The van der Waals surface area contributed by atoms with Crippen molar-refractivity contribution >= 4 is 11.6 Å². The zero-order valence-electron chi connectivity index (χ0n) is 15.8. The SMILES string of the molecule is COc1ccc(CN2CCC(=O)c3c(OCc4ccccc4)ccnc32)cc1. The van der Waals surface area contributed by atoms with Gasteiger partial charge in [0.1, 0.15) is 29.5 Å². The number of carbonyl (C=O) groups is 1. The predicted octanol–water partition coefficient (Wildman–Crippen LogP) is 4.26. The molecule has 1 aliphatic rings. The van der Waals surface area contributed by atoms with Gasteiger partial charge in [-0.1, -0.05) is 42.5 Å². The average Bonchev–Trinajstić information content (AvgIpc) is 2.75. The van der Waals surface area contributed by atoms with Gasteiger partial charge in [-0.15, -0.1) is 0 Å². The van der Waals surface area contributed by atoms with E-state index in [2.05, 4.69) is 9.88 Å². The van der Waals surface area contributed by atoms with Crippen LogP contribution in [-0.4, -0.2) is 24.4 Å². The molecule has 0 atom stereocenters. The number of nitrogens with zero attached hydrogens (tertiary/aromatic N) is 2. The number of ether oxygens (including phenoxy) is 2. The van der Waals surface area contributed by atoms with Gasteiger partial charge < -0.3 is 14.4 Å². The van der Waals surface area contributed by atoms with E-state index in [0.29, 0.717) is 43.2 Å². The second-order valence-corrected chi connectivity index (χ2v) is 6.72. The maximum absolute atomic E-state index is 12.6. The van der Waals surface area contributed by atoms with E-state index < -0.39 is 0 Å². The smallest absolute Gasteiger partial charge is 0.172 e. The van der Waals surface area contributed by atoms with Crippen molar-refractivity contribution in [3.05, 3.63) is 83.6 Å². The Kier molecular flexibility index (Phi) is 5.24. The van der Waals surface area contributed by atoms with Crippen molar-refractivity contribution < 1.29 is 14.3 Å². The second kappa shape index (κ2) is 8.13. The highest BCUT2D eigenvalue weighted by atomic mass is 16.5. The Balaban J connectivity index is 1.57. The van der Waals surface area contributed by atoms with E-state index in [-0.39, 0.29) is 5.78 Å². The summed E-state index contributed by atoms with van der Waals surface area (Å²) in [5.74, 6) is 2.20. The number of Topliss-reactive ketones (excluding diaryl/α,β-unsaturated/α-hetero) is 1. The third-order valence-corrected chi connectivity index (χ3v) is 4.85. The zero-order chi connectivity index (χ0) is 19.3. The van der Waals surface area contributed by atoms with Crippen LogP contribution in [0.25, 0.3) is 0 Å². The minimum Gasteiger partial charge on any atom is -0.497 e. The molecule has 142 valence electrons. The van der Waals surface area contributed by atoms with Gasteiger partial charge in [0.05, 0.1) is 7.11 Å². The lowest BCUT2D eigenvalue weighted by Crippen LogP contribution is -2.32. The molecule has 2 heterocycles. The molecule has 4 rings (SSSR count). The number of anilines is 1. The normalized spacial score (nSPS) is 13.2. The summed E-state index contributed by atoms with van der Waals surface area (Å²) in [5.41, 5.74) is 2.78. The second-order valence-electron chi connectivity index (χ2n) is 6.72. The quantitative estimate of drug-likeness (QED) is 0.645. The van der Waals surface area contributed by atoms with Crippen LogP contribution in [0.15, 0.2) is 66.9 Å². The first-order valence-electron chi connectivity index (χ1n) is 9.31. The number of hydrogen-bond donors (Lipinski definition) is 0. The summed E-state index contributed by atoms with van der Waals surface area (Å²) in [6.07, 6.45) is 2.16. The molecule has 0 unspecified atom stereocenters. The van der Waals surface area contributed by atoms with Gasteiger partial charge in [-0.05, 0) is 29.3 Å². The number of methoxy groups -OCH3 is 1. The molecule has 1 aliphatic heterocycles. The van der Waals surface area contributed by atoms with Gasteiger partial charge in [0, 0.05) is 25.7 Å². The van der Waals surface area contributed by atoms with E-state index in [1.807, 2.05) is 54.6 Å². The maximum Gasteiger partial charge on any atom is 0.172 e. The third kappa shape index (κ3) is 3.83. The number of benzene rings is 2. The number of ketones is 1. The fraction of sp³-hybridized carbons (Fsp3) is 0.217. The van der Waals surface area contributed by atoms with E-state index in [4.69, 9.17) is 9.47 Å². The zero-order valence-corrected chi connectivity index (χ0v) is 15.8. The Morgan fingerprint density at radius 1 is 1.00 bits per heavy atom. The average molecular weight is 374 g/mol. The molecule has 2 aromatic carbocycles. The summed E-state index contributed by atoms with van der Waals surface area (Å²) in [7, 11) is 1.66. The highest BCUT2D eigenvalue weighted by Crippen LogP contribution is 2.33. The molecule has 0 fully saturated rings. The molecule has 0 aliphatic carbocycles. The van der Waals surface area contributed by atoms with Crippen LogP contribution >= 0.6 is 0 Å². The van der Waals surface area contributed by atoms with Crippen molar-refractivity contribution in [2.75, 3.05) is 18.6 Å². The van der Waals surface area contributed by atoms with Crippen LogP contribution < -0.4 is 14.4 Å². The summed E-state index contributed by atoms with van der Waals surface area (Å²) >= 11 is 0. The predicted molar refractivity (Wildman–Crippen MR) is 108 cm³/mol. The molecule has 3 aromatic rings. The van der Waals surface area contributed by atoms with Gasteiger partial charge in [0.15, 0.2) is 5.78 Å². The summed E-state index contributed by atoms with van der Waals surface area (Å²) in [5, 5.41) is 0. The molecular weight excluding hydrogens is 352 g/mol. The fourth-order valence-electron chi connectivity index (χ4n) is 3.36. The monoisotopic (exact) mass is 374 g/mol. The Labute approximate surface area is 164 Å². The lowest BCUT2D eigenvalue weighted by atomic mass is 10.0. The maximum atomic E-state index is 12.6. The van der Waals surface area contributed by atoms with Gasteiger partial charge in [0.2, 0.25) is 0 Å². The van der Waals surface area contributed by atoms with Crippen molar-refractivity contribution in [2.24, 2.45) is 0 Å². The molecule has 0 amide bonds. The molecule has 0 bridgehead atoms. The molecular formula is C23H22N2O3. The number of carbonyl (C=O) groups excluding carboxylic acids is 1. The largest absolute Gasteiger partial charge is 0.497 e. The Morgan fingerprint density at radius 2 is 1.79 bits per heavy atom. The lowest BCUT2D eigenvalue weighted by Gasteiger charge is -2.30. The molecule has 28 heavy (non-hydrogen) atoms. The molecule has 5 nitrogen and oxygen atoms in total. The highest BCUT2D eigenvalue weighted by molar-refractivity contribution is 6.04. The van der Waals surface area contributed by atoms with Crippen molar-refractivity contribution in [3.8, 4) is 11.5 Å². The summed E-state index contributed by atoms with van der Waals surface area (Å²) in [4.78, 5) is 19.3. The first-order chi connectivity index (χ1) is 13.7. The molecule has 0 spiro atoms. The summed E-state index contributed by atoms with van der Waals surface area (Å²) in [6, 6.07) is 19.7. The van der Waals surface area contributed by atoms with Crippen molar-refractivity contribution in [1.29, 1.82) is 0 Å². The van der Waals surface area contributed by atoms with E-state index in [0.717, 1.165) is 16.9 Å². The van der Waals surface area contributed by atoms with E-state index in [1.54, 1.807) is 19.4 Å². The molecule has 0 saturated heterocycles. The minimum atomic E-state index is 0.0807. The van der Waals surface area contributed by atoms with Crippen LogP contribution in [0.5, 0.6) is 11.5 Å². The van der Waals surface area contributed by atoms with Crippen LogP contribution in [0.1, 0.15) is 27.9 Å². The topological polar surface area (TPSA) is 51.7 Å². The van der Waals surface area contributed by atoms with Crippen LogP contribution in [0, 0.1) is 0 Å². The Morgan fingerprint density at radius 3 is 2.54 bits per heavy atom. The Bertz CT molecular complexity index is 955. The number of hydrogen-bond acceptors (Lipinski definition) is 5. The van der Waals surface area contributed by atoms with Crippen LogP contribution in [-0.2, 0) is 13.2 Å². The first kappa shape index (κ1) is 18.0. The Hall–Kier alpha value is -3.34. The number of rotatable bonds is 6. The number of pyridine rings is 1. The first-order valence-corrected chi connectivity index (χ1v) is 9.31. The third-order valence-electron chi connectivity index (χ3n) is 4.85. The van der Waals surface area contributed by atoms with Gasteiger partial charge >= 0.3 is 0 Å². The molecule has 0 saturated carbocycles. The van der Waals surface area contributed by atoms with Crippen LogP contribution in [0.3, 0.4) is 0 Å². The van der Waals surface area contributed by atoms with Crippen LogP contribution in [0.2, 0.25) is 0 Å². The van der Waals surface area contributed by atoms with Gasteiger partial charge in [0.25, 0.3) is 0 Å². The van der Waals surface area contributed by atoms with Gasteiger partial charge in [-0.3, -0.25) is 4.79 Å². The van der Waals surface area contributed by atoms with Crippen molar-refractivity contribution in [2.45, 2.75) is 19.6 Å². The standard InChI is InChI=1S/C23H22N2O3/c1-27-19-9-7-17(8-10-19)15-25-14-12-20(26)22-21(11-13-24-23(22)25)28-16-18-5-3-2-4-6-18/h2-11,13H,12,14-16H2,1H3. The molecule has 0 radical (unpaired) electrons. The lowest BCUT2D eigenvalue weighted by molar-refractivity contribution is 0.0974. The molecule has 5 heteroatoms. The van der Waals surface area contributed by atoms with Crippen molar-refractivity contribution in [1.82, 2.24) is 4.98 Å². The minimum absolute atomic E-state index is 0.0807.